The van der Waals surface area contributed by atoms with Crippen molar-refractivity contribution in [1.82, 2.24) is 10.6 Å². The SMILES string of the molecule is CCCC(=O)NCCOCCOCCOCCOCCNC(C)=O. The average molecular weight is 348 g/mol. The minimum atomic E-state index is -0.0581. The molecule has 0 aliphatic carbocycles. The van der Waals surface area contributed by atoms with Gasteiger partial charge in [0.25, 0.3) is 0 Å². The van der Waals surface area contributed by atoms with Gasteiger partial charge in [-0.15, -0.1) is 0 Å². The van der Waals surface area contributed by atoms with Crippen LogP contribution in [0.15, 0.2) is 0 Å². The number of ether oxygens (including phenoxy) is 4. The van der Waals surface area contributed by atoms with Crippen molar-refractivity contribution in [2.24, 2.45) is 0 Å². The molecular formula is C16H32N2O6. The number of hydrogen-bond acceptors (Lipinski definition) is 6. The van der Waals surface area contributed by atoms with Crippen molar-refractivity contribution >= 4 is 11.8 Å². The van der Waals surface area contributed by atoms with Gasteiger partial charge in [0.05, 0.1) is 52.9 Å². The molecule has 0 rings (SSSR count). The summed E-state index contributed by atoms with van der Waals surface area (Å²) in [4.78, 5) is 21.8. The third-order valence-electron chi connectivity index (χ3n) is 2.78. The number of hydrogen-bond donors (Lipinski definition) is 2. The third kappa shape index (κ3) is 18.8. The highest BCUT2D eigenvalue weighted by molar-refractivity contribution is 5.75. The number of rotatable bonds is 17. The summed E-state index contributed by atoms with van der Waals surface area (Å²) in [7, 11) is 0. The molecule has 0 aromatic heterocycles. The molecule has 0 bridgehead atoms. The Hall–Kier alpha value is -1.22. The molecule has 0 heterocycles. The van der Waals surface area contributed by atoms with E-state index in [-0.39, 0.29) is 11.8 Å². The summed E-state index contributed by atoms with van der Waals surface area (Å²) >= 11 is 0. The van der Waals surface area contributed by atoms with Crippen LogP contribution >= 0.6 is 0 Å². The lowest BCUT2D eigenvalue weighted by Gasteiger charge is -2.08. The molecule has 0 aliphatic heterocycles. The minimum absolute atomic E-state index is 0.0581. The summed E-state index contributed by atoms with van der Waals surface area (Å²) in [5.41, 5.74) is 0. The monoisotopic (exact) mass is 348 g/mol. The predicted molar refractivity (Wildman–Crippen MR) is 89.9 cm³/mol. The highest BCUT2D eigenvalue weighted by Crippen LogP contribution is 1.85. The Morgan fingerprint density at radius 2 is 1.12 bits per heavy atom. The van der Waals surface area contributed by atoms with Crippen LogP contribution in [0, 0.1) is 0 Å². The summed E-state index contributed by atoms with van der Waals surface area (Å²) in [6.45, 7) is 8.45. The Labute approximate surface area is 144 Å². The van der Waals surface area contributed by atoms with E-state index in [0.29, 0.717) is 72.4 Å². The van der Waals surface area contributed by atoms with Gasteiger partial charge in [0.1, 0.15) is 0 Å². The fourth-order valence-corrected chi connectivity index (χ4v) is 1.64. The molecular weight excluding hydrogens is 316 g/mol. The zero-order chi connectivity index (χ0) is 17.9. The second-order valence-corrected chi connectivity index (χ2v) is 5.03. The molecule has 0 fully saturated rings. The zero-order valence-electron chi connectivity index (χ0n) is 14.9. The minimum Gasteiger partial charge on any atom is -0.377 e. The molecule has 8 heteroatoms. The number of nitrogens with one attached hydrogen (secondary N) is 2. The van der Waals surface area contributed by atoms with Gasteiger partial charge in [0, 0.05) is 26.4 Å². The van der Waals surface area contributed by atoms with Crippen molar-refractivity contribution in [1.29, 1.82) is 0 Å². The fraction of sp³-hybridized carbons (Fsp3) is 0.875. The van der Waals surface area contributed by atoms with Gasteiger partial charge in [0.15, 0.2) is 0 Å². The normalized spacial score (nSPS) is 10.6. The van der Waals surface area contributed by atoms with E-state index in [0.717, 1.165) is 6.42 Å². The van der Waals surface area contributed by atoms with Gasteiger partial charge in [-0.25, -0.2) is 0 Å². The standard InChI is InChI=1S/C16H32N2O6/c1-3-4-16(20)18-6-8-22-10-12-24-14-13-23-11-9-21-7-5-17-15(2)19/h3-14H2,1-2H3,(H,17,19)(H,18,20). The van der Waals surface area contributed by atoms with Crippen LogP contribution in [0.2, 0.25) is 0 Å². The molecule has 8 nitrogen and oxygen atoms in total. The Balaban J connectivity index is 3.05. The largest absolute Gasteiger partial charge is 0.377 e. The molecule has 0 unspecified atom stereocenters. The van der Waals surface area contributed by atoms with Gasteiger partial charge < -0.3 is 29.6 Å². The quantitative estimate of drug-likeness (QED) is 0.362. The first kappa shape index (κ1) is 22.8. The Bertz CT molecular complexity index is 315. The summed E-state index contributed by atoms with van der Waals surface area (Å²) in [5.74, 6) is 0.00539. The molecule has 0 spiro atoms. The topological polar surface area (TPSA) is 95.1 Å². The predicted octanol–water partition coefficient (Wildman–Crippen LogP) is 0.105. The van der Waals surface area contributed by atoms with E-state index < -0.39 is 0 Å². The lowest BCUT2D eigenvalue weighted by Crippen LogP contribution is -2.27. The second kappa shape index (κ2) is 18.1. The van der Waals surface area contributed by atoms with Crippen LogP contribution in [0.25, 0.3) is 0 Å². The van der Waals surface area contributed by atoms with Gasteiger partial charge in [0.2, 0.25) is 11.8 Å². The molecule has 0 aliphatic rings. The van der Waals surface area contributed by atoms with Crippen LogP contribution in [0.4, 0.5) is 0 Å². The third-order valence-corrected chi connectivity index (χ3v) is 2.78. The molecule has 0 saturated carbocycles. The van der Waals surface area contributed by atoms with Crippen molar-refractivity contribution in [2.45, 2.75) is 26.7 Å². The highest BCUT2D eigenvalue weighted by Gasteiger charge is 1.97. The molecule has 0 radical (unpaired) electrons. The molecule has 142 valence electrons. The lowest BCUT2D eigenvalue weighted by molar-refractivity contribution is -0.121. The van der Waals surface area contributed by atoms with Crippen LogP contribution in [-0.4, -0.2) is 77.8 Å². The van der Waals surface area contributed by atoms with Crippen molar-refractivity contribution in [3.8, 4) is 0 Å². The first-order chi connectivity index (χ1) is 11.7. The first-order valence-corrected chi connectivity index (χ1v) is 8.49. The maximum absolute atomic E-state index is 11.2. The summed E-state index contributed by atoms with van der Waals surface area (Å²) in [6, 6.07) is 0. The molecule has 0 atom stereocenters. The van der Waals surface area contributed by atoms with Crippen molar-refractivity contribution < 1.29 is 28.5 Å². The second-order valence-electron chi connectivity index (χ2n) is 5.03. The molecule has 0 aromatic rings. The maximum atomic E-state index is 11.2. The van der Waals surface area contributed by atoms with Crippen LogP contribution in [0.1, 0.15) is 26.7 Å². The lowest BCUT2D eigenvalue weighted by atomic mass is 10.3. The van der Waals surface area contributed by atoms with Gasteiger partial charge in [-0.3, -0.25) is 9.59 Å². The van der Waals surface area contributed by atoms with E-state index in [4.69, 9.17) is 18.9 Å². The van der Waals surface area contributed by atoms with E-state index in [1.807, 2.05) is 6.92 Å². The van der Waals surface area contributed by atoms with Crippen molar-refractivity contribution in [3.05, 3.63) is 0 Å². The van der Waals surface area contributed by atoms with Crippen molar-refractivity contribution in [2.75, 3.05) is 65.9 Å². The first-order valence-electron chi connectivity index (χ1n) is 8.49. The number of amides is 2. The van der Waals surface area contributed by atoms with E-state index in [1.165, 1.54) is 6.92 Å². The Kier molecular flexibility index (Phi) is 17.2. The van der Waals surface area contributed by atoms with Gasteiger partial charge in [-0.05, 0) is 6.42 Å². The summed E-state index contributed by atoms with van der Waals surface area (Å²) < 4.78 is 21.3. The van der Waals surface area contributed by atoms with Crippen LogP contribution < -0.4 is 10.6 Å². The number of carbonyl (C=O) groups is 2. The molecule has 24 heavy (non-hydrogen) atoms. The highest BCUT2D eigenvalue weighted by atomic mass is 16.6. The van der Waals surface area contributed by atoms with E-state index in [1.54, 1.807) is 0 Å². The van der Waals surface area contributed by atoms with Gasteiger partial charge in [-0.2, -0.15) is 0 Å². The fourth-order valence-electron chi connectivity index (χ4n) is 1.64. The molecule has 0 saturated heterocycles. The van der Waals surface area contributed by atoms with E-state index in [2.05, 4.69) is 10.6 Å². The van der Waals surface area contributed by atoms with Crippen LogP contribution in [0.5, 0.6) is 0 Å². The molecule has 2 N–H and O–H groups in total. The van der Waals surface area contributed by atoms with E-state index in [9.17, 15) is 9.59 Å². The van der Waals surface area contributed by atoms with Crippen LogP contribution in [0.3, 0.4) is 0 Å². The molecule has 2 amide bonds. The Morgan fingerprint density at radius 1 is 0.708 bits per heavy atom. The number of carbonyl (C=O) groups excluding carboxylic acids is 2. The van der Waals surface area contributed by atoms with Gasteiger partial charge >= 0.3 is 0 Å². The Morgan fingerprint density at radius 3 is 1.54 bits per heavy atom. The smallest absolute Gasteiger partial charge is 0.220 e. The maximum Gasteiger partial charge on any atom is 0.220 e. The van der Waals surface area contributed by atoms with Gasteiger partial charge in [-0.1, -0.05) is 6.92 Å². The summed E-state index contributed by atoms with van der Waals surface area (Å²) in [6.07, 6.45) is 1.41. The van der Waals surface area contributed by atoms with E-state index >= 15 is 0 Å². The zero-order valence-corrected chi connectivity index (χ0v) is 14.9. The van der Waals surface area contributed by atoms with Crippen LogP contribution in [-0.2, 0) is 28.5 Å². The molecule has 0 aromatic carbocycles. The average Bonchev–Trinajstić information content (AvgIpc) is 2.54. The summed E-state index contributed by atoms with van der Waals surface area (Å²) in [5, 5.41) is 5.42. The van der Waals surface area contributed by atoms with Crippen molar-refractivity contribution in [3.63, 3.8) is 0 Å².